The SMILES string of the molecule is CCN(CC)[C@H](CN)c1ccccc1C. The quantitative estimate of drug-likeness (QED) is 0.801. The van der Waals surface area contributed by atoms with Crippen LogP contribution in [0.3, 0.4) is 0 Å². The zero-order chi connectivity index (χ0) is 11.3. The van der Waals surface area contributed by atoms with Gasteiger partial charge in [-0.25, -0.2) is 0 Å². The predicted molar refractivity (Wildman–Crippen MR) is 65.9 cm³/mol. The van der Waals surface area contributed by atoms with Crippen molar-refractivity contribution in [2.75, 3.05) is 19.6 Å². The van der Waals surface area contributed by atoms with Gasteiger partial charge in [-0.15, -0.1) is 0 Å². The molecule has 0 saturated carbocycles. The molecule has 0 saturated heterocycles. The third-order valence-electron chi connectivity index (χ3n) is 3.02. The number of rotatable bonds is 5. The van der Waals surface area contributed by atoms with E-state index in [1.54, 1.807) is 0 Å². The molecule has 1 aromatic rings. The highest BCUT2D eigenvalue weighted by Crippen LogP contribution is 2.22. The average Bonchev–Trinajstić information content (AvgIpc) is 2.27. The smallest absolute Gasteiger partial charge is 0.0472 e. The van der Waals surface area contributed by atoms with Gasteiger partial charge >= 0.3 is 0 Å². The van der Waals surface area contributed by atoms with Crippen LogP contribution < -0.4 is 5.73 Å². The Morgan fingerprint density at radius 2 is 1.80 bits per heavy atom. The van der Waals surface area contributed by atoms with E-state index in [9.17, 15) is 0 Å². The number of hydrogen-bond acceptors (Lipinski definition) is 2. The van der Waals surface area contributed by atoms with Crippen molar-refractivity contribution in [1.82, 2.24) is 4.90 Å². The largest absolute Gasteiger partial charge is 0.329 e. The Kier molecular flexibility index (Phi) is 4.79. The fraction of sp³-hybridized carbons (Fsp3) is 0.538. The second-order valence-electron chi connectivity index (χ2n) is 3.83. The van der Waals surface area contributed by atoms with Crippen molar-refractivity contribution >= 4 is 0 Å². The van der Waals surface area contributed by atoms with Crippen molar-refractivity contribution in [1.29, 1.82) is 0 Å². The molecule has 2 nitrogen and oxygen atoms in total. The zero-order valence-electron chi connectivity index (χ0n) is 10.0. The summed E-state index contributed by atoms with van der Waals surface area (Å²) < 4.78 is 0. The van der Waals surface area contributed by atoms with Crippen LogP contribution in [0.5, 0.6) is 0 Å². The molecule has 2 heteroatoms. The molecule has 0 bridgehead atoms. The molecule has 1 atom stereocenters. The monoisotopic (exact) mass is 206 g/mol. The minimum Gasteiger partial charge on any atom is -0.329 e. The van der Waals surface area contributed by atoms with Gasteiger partial charge in [0, 0.05) is 12.6 Å². The lowest BCUT2D eigenvalue weighted by molar-refractivity contribution is 0.223. The Bertz CT molecular complexity index is 292. The van der Waals surface area contributed by atoms with Gasteiger partial charge in [-0.1, -0.05) is 38.1 Å². The molecule has 15 heavy (non-hydrogen) atoms. The van der Waals surface area contributed by atoms with E-state index in [1.165, 1.54) is 11.1 Å². The van der Waals surface area contributed by atoms with Crippen molar-refractivity contribution in [2.24, 2.45) is 5.73 Å². The second kappa shape index (κ2) is 5.89. The summed E-state index contributed by atoms with van der Waals surface area (Å²) in [4.78, 5) is 2.41. The molecule has 0 unspecified atom stereocenters. The summed E-state index contributed by atoms with van der Waals surface area (Å²) >= 11 is 0. The van der Waals surface area contributed by atoms with E-state index in [2.05, 4.69) is 49.9 Å². The first-order valence-electron chi connectivity index (χ1n) is 5.74. The van der Waals surface area contributed by atoms with E-state index in [0.29, 0.717) is 12.6 Å². The van der Waals surface area contributed by atoms with Gasteiger partial charge in [0.15, 0.2) is 0 Å². The third-order valence-corrected chi connectivity index (χ3v) is 3.02. The Hall–Kier alpha value is -0.860. The molecule has 0 aromatic heterocycles. The summed E-state index contributed by atoms with van der Waals surface area (Å²) in [5.41, 5.74) is 8.58. The van der Waals surface area contributed by atoms with Crippen molar-refractivity contribution in [2.45, 2.75) is 26.8 Å². The van der Waals surface area contributed by atoms with E-state index < -0.39 is 0 Å². The maximum atomic E-state index is 5.88. The number of nitrogens with two attached hydrogens (primary N) is 1. The molecule has 0 amide bonds. The number of hydrogen-bond donors (Lipinski definition) is 1. The minimum atomic E-state index is 0.362. The van der Waals surface area contributed by atoms with Crippen LogP contribution in [0.1, 0.15) is 31.0 Å². The van der Waals surface area contributed by atoms with Gasteiger partial charge in [0.1, 0.15) is 0 Å². The van der Waals surface area contributed by atoms with Crippen LogP contribution in [0.15, 0.2) is 24.3 Å². The summed E-state index contributed by atoms with van der Waals surface area (Å²) in [6.45, 7) is 9.31. The third kappa shape index (κ3) is 2.80. The van der Waals surface area contributed by atoms with Gasteiger partial charge in [-0.2, -0.15) is 0 Å². The van der Waals surface area contributed by atoms with Crippen LogP contribution in [-0.4, -0.2) is 24.5 Å². The van der Waals surface area contributed by atoms with Gasteiger partial charge in [-0.05, 0) is 31.1 Å². The summed E-state index contributed by atoms with van der Waals surface area (Å²) in [6, 6.07) is 8.87. The molecule has 1 aromatic carbocycles. The second-order valence-corrected chi connectivity index (χ2v) is 3.83. The van der Waals surface area contributed by atoms with Crippen LogP contribution in [0.25, 0.3) is 0 Å². The molecule has 0 fully saturated rings. The van der Waals surface area contributed by atoms with Crippen molar-refractivity contribution in [3.05, 3.63) is 35.4 Å². The molecule has 0 aliphatic rings. The number of aryl methyl sites for hydroxylation is 1. The average molecular weight is 206 g/mol. The van der Waals surface area contributed by atoms with Gasteiger partial charge in [0.25, 0.3) is 0 Å². The Labute approximate surface area is 93.1 Å². The van der Waals surface area contributed by atoms with Crippen molar-refractivity contribution in [3.8, 4) is 0 Å². The van der Waals surface area contributed by atoms with Gasteiger partial charge in [0.05, 0.1) is 0 Å². The summed E-state index contributed by atoms with van der Waals surface area (Å²) in [5, 5.41) is 0. The fourth-order valence-corrected chi connectivity index (χ4v) is 2.10. The molecule has 0 radical (unpaired) electrons. The highest BCUT2D eigenvalue weighted by atomic mass is 15.2. The number of likely N-dealkylation sites (N-methyl/N-ethyl adjacent to an activating group) is 1. The molecule has 84 valence electrons. The van der Waals surface area contributed by atoms with Crippen LogP contribution in [0.2, 0.25) is 0 Å². The summed E-state index contributed by atoms with van der Waals surface area (Å²) in [7, 11) is 0. The van der Waals surface area contributed by atoms with E-state index in [1.807, 2.05) is 0 Å². The zero-order valence-corrected chi connectivity index (χ0v) is 10.0. The standard InChI is InChI=1S/C13H22N2/c1-4-15(5-2)13(10-14)12-9-7-6-8-11(12)3/h6-9,13H,4-5,10,14H2,1-3H3/t13-/m1/s1. The molecule has 2 N–H and O–H groups in total. The number of nitrogens with zero attached hydrogens (tertiary/aromatic N) is 1. The van der Waals surface area contributed by atoms with E-state index in [4.69, 9.17) is 5.73 Å². The number of benzene rings is 1. The minimum absolute atomic E-state index is 0.362. The maximum absolute atomic E-state index is 5.88. The molecule has 0 heterocycles. The molecule has 0 spiro atoms. The molecular formula is C13H22N2. The van der Waals surface area contributed by atoms with Gasteiger partial charge in [-0.3, -0.25) is 4.90 Å². The topological polar surface area (TPSA) is 29.3 Å². The highest BCUT2D eigenvalue weighted by molar-refractivity contribution is 5.29. The highest BCUT2D eigenvalue weighted by Gasteiger charge is 2.17. The van der Waals surface area contributed by atoms with E-state index >= 15 is 0 Å². The van der Waals surface area contributed by atoms with Crippen molar-refractivity contribution < 1.29 is 0 Å². The Morgan fingerprint density at radius 3 is 2.27 bits per heavy atom. The lowest BCUT2D eigenvalue weighted by Gasteiger charge is -2.30. The molecule has 0 aliphatic heterocycles. The van der Waals surface area contributed by atoms with Crippen LogP contribution in [-0.2, 0) is 0 Å². The maximum Gasteiger partial charge on any atom is 0.0472 e. The lowest BCUT2D eigenvalue weighted by Crippen LogP contribution is -2.33. The molecular weight excluding hydrogens is 184 g/mol. The van der Waals surface area contributed by atoms with Crippen molar-refractivity contribution in [3.63, 3.8) is 0 Å². The summed E-state index contributed by atoms with van der Waals surface area (Å²) in [5.74, 6) is 0. The predicted octanol–water partition coefficient (Wildman–Crippen LogP) is 2.34. The van der Waals surface area contributed by atoms with E-state index in [-0.39, 0.29) is 0 Å². The lowest BCUT2D eigenvalue weighted by atomic mass is 10.00. The normalized spacial score (nSPS) is 13.1. The van der Waals surface area contributed by atoms with Gasteiger partial charge in [0.2, 0.25) is 0 Å². The van der Waals surface area contributed by atoms with Crippen LogP contribution in [0.4, 0.5) is 0 Å². The van der Waals surface area contributed by atoms with E-state index in [0.717, 1.165) is 13.1 Å². The molecule has 0 aliphatic carbocycles. The fourth-order valence-electron chi connectivity index (χ4n) is 2.10. The van der Waals surface area contributed by atoms with Crippen LogP contribution >= 0.6 is 0 Å². The Morgan fingerprint density at radius 1 is 1.20 bits per heavy atom. The first-order valence-corrected chi connectivity index (χ1v) is 5.74. The molecule has 1 rings (SSSR count). The first kappa shape index (κ1) is 12.2. The first-order chi connectivity index (χ1) is 7.24. The summed E-state index contributed by atoms with van der Waals surface area (Å²) in [6.07, 6.45) is 0. The Balaban J connectivity index is 2.96. The van der Waals surface area contributed by atoms with Crippen LogP contribution in [0, 0.1) is 6.92 Å². The van der Waals surface area contributed by atoms with Gasteiger partial charge < -0.3 is 5.73 Å².